The second-order valence-electron chi connectivity index (χ2n) is 8.97. The summed E-state index contributed by atoms with van der Waals surface area (Å²) in [6.45, 7) is 2.75. The largest absolute Gasteiger partial charge is 0.384 e. The van der Waals surface area contributed by atoms with E-state index >= 15 is 0 Å². The summed E-state index contributed by atoms with van der Waals surface area (Å²) in [7, 11) is -2.30. The molecule has 2 bridgehead atoms. The second-order valence-corrected chi connectivity index (χ2v) is 11.7. The molecule has 180 valence electrons. The van der Waals surface area contributed by atoms with Crippen LogP contribution in [0.2, 0.25) is 0 Å². The molecule has 0 unspecified atom stereocenters. The van der Waals surface area contributed by atoms with Gasteiger partial charge in [0.1, 0.15) is 6.04 Å². The van der Waals surface area contributed by atoms with E-state index in [-0.39, 0.29) is 28.8 Å². The molecule has 2 fully saturated rings. The van der Waals surface area contributed by atoms with Crippen LogP contribution in [0.4, 0.5) is 0 Å². The van der Waals surface area contributed by atoms with E-state index in [1.807, 2.05) is 25.1 Å². The fraction of sp³-hybridized carbons (Fsp3) is 0.458. The third-order valence-electron chi connectivity index (χ3n) is 7.00. The van der Waals surface area contributed by atoms with Crippen LogP contribution in [0.3, 0.4) is 0 Å². The first kappa shape index (κ1) is 23.3. The zero-order valence-electron chi connectivity index (χ0n) is 19.2. The van der Waals surface area contributed by atoms with Crippen LogP contribution >= 0.6 is 11.3 Å². The maximum atomic E-state index is 14.0. The number of nitrogens with zero attached hydrogens (tertiary/aromatic N) is 4. The van der Waals surface area contributed by atoms with Crippen LogP contribution in [0, 0.1) is 5.92 Å². The van der Waals surface area contributed by atoms with Gasteiger partial charge in [-0.2, -0.15) is 4.31 Å². The summed E-state index contributed by atoms with van der Waals surface area (Å²) >= 11 is 1.40. The Morgan fingerprint density at radius 1 is 1.21 bits per heavy atom. The molecule has 2 aliphatic heterocycles. The van der Waals surface area contributed by atoms with Gasteiger partial charge in [0.05, 0.1) is 39.0 Å². The normalized spacial score (nSPS) is 24.8. The summed E-state index contributed by atoms with van der Waals surface area (Å²) < 4.78 is 35.9. The molecule has 4 heterocycles. The Hall–Kier alpha value is -2.40. The molecule has 0 radical (unpaired) electrons. The number of amides is 1. The lowest BCUT2D eigenvalue weighted by Crippen LogP contribution is -2.55. The minimum Gasteiger partial charge on any atom is -0.384 e. The second kappa shape index (κ2) is 9.33. The Balaban J connectivity index is 1.58. The zero-order chi connectivity index (χ0) is 23.9. The number of sulfonamides is 1. The standard InChI is InChI=1S/C24H28N4O4S2/c1-16(19-6-3-4-11-25-19)27-13-17(14-32-2)21-7-5-8-22(24(27)29)28(21)34(30,31)18-9-10-20-23(12-18)33-15-26-20/h3-4,6,9-12,15-17,21-22H,5,7-8,13-14H2,1-2H3/t16-,17+,21+,22-/m0/s1. The highest BCUT2D eigenvalue weighted by molar-refractivity contribution is 7.89. The van der Waals surface area contributed by atoms with Crippen molar-refractivity contribution in [1.82, 2.24) is 19.2 Å². The van der Waals surface area contributed by atoms with Crippen molar-refractivity contribution in [2.75, 3.05) is 20.3 Å². The highest BCUT2D eigenvalue weighted by atomic mass is 32.2. The lowest BCUT2D eigenvalue weighted by molar-refractivity contribution is -0.137. The monoisotopic (exact) mass is 500 g/mol. The van der Waals surface area contributed by atoms with Crippen LogP contribution in [0.15, 0.2) is 53.0 Å². The first-order valence-corrected chi connectivity index (χ1v) is 13.8. The van der Waals surface area contributed by atoms with Crippen LogP contribution in [-0.2, 0) is 19.6 Å². The van der Waals surface area contributed by atoms with Gasteiger partial charge in [0, 0.05) is 31.8 Å². The Morgan fingerprint density at radius 3 is 2.82 bits per heavy atom. The maximum absolute atomic E-state index is 14.0. The Kier molecular flexibility index (Phi) is 6.41. The van der Waals surface area contributed by atoms with Crippen LogP contribution < -0.4 is 0 Å². The Labute approximate surface area is 203 Å². The zero-order valence-corrected chi connectivity index (χ0v) is 20.8. The molecular formula is C24H28N4O4S2. The molecule has 2 aromatic heterocycles. The summed E-state index contributed by atoms with van der Waals surface area (Å²) in [5.74, 6) is -0.309. The molecule has 8 nitrogen and oxygen atoms in total. The number of pyridine rings is 1. The molecule has 0 aliphatic carbocycles. The first-order valence-electron chi connectivity index (χ1n) is 11.5. The van der Waals surface area contributed by atoms with Crippen LogP contribution in [-0.4, -0.2) is 65.8 Å². The van der Waals surface area contributed by atoms with Gasteiger partial charge in [-0.15, -0.1) is 11.3 Å². The third-order valence-corrected chi connectivity index (χ3v) is 9.72. The predicted octanol–water partition coefficient (Wildman–Crippen LogP) is 3.47. The van der Waals surface area contributed by atoms with Gasteiger partial charge in [-0.1, -0.05) is 6.07 Å². The van der Waals surface area contributed by atoms with E-state index in [1.165, 1.54) is 15.6 Å². The number of carbonyl (C=O) groups is 1. The first-order chi connectivity index (χ1) is 16.4. The number of hydrogen-bond donors (Lipinski definition) is 0. The number of carbonyl (C=O) groups excluding carboxylic acids is 1. The number of thiazole rings is 1. The van der Waals surface area contributed by atoms with Gasteiger partial charge in [-0.3, -0.25) is 9.78 Å². The molecule has 0 saturated carbocycles. The molecule has 2 aliphatic rings. The lowest BCUT2D eigenvalue weighted by Gasteiger charge is -2.40. The average Bonchev–Trinajstić information content (AvgIpc) is 3.31. The van der Waals surface area contributed by atoms with Gasteiger partial charge >= 0.3 is 0 Å². The highest BCUT2D eigenvalue weighted by Crippen LogP contribution is 2.39. The summed E-state index contributed by atoms with van der Waals surface area (Å²) in [5.41, 5.74) is 3.26. The Morgan fingerprint density at radius 2 is 2.06 bits per heavy atom. The van der Waals surface area contributed by atoms with E-state index < -0.39 is 16.1 Å². The summed E-state index contributed by atoms with van der Waals surface area (Å²) in [4.78, 5) is 24.6. The molecule has 2 saturated heterocycles. The minimum atomic E-state index is -3.92. The van der Waals surface area contributed by atoms with Gasteiger partial charge < -0.3 is 9.64 Å². The number of piperidine rings is 1. The van der Waals surface area contributed by atoms with Gasteiger partial charge in [0.25, 0.3) is 0 Å². The van der Waals surface area contributed by atoms with E-state index in [4.69, 9.17) is 4.74 Å². The van der Waals surface area contributed by atoms with E-state index in [2.05, 4.69) is 9.97 Å². The molecule has 4 atom stereocenters. The Bertz CT molecular complexity index is 1280. The quantitative estimate of drug-likeness (QED) is 0.515. The topological polar surface area (TPSA) is 92.7 Å². The fourth-order valence-electron chi connectivity index (χ4n) is 5.31. The van der Waals surface area contributed by atoms with Crippen molar-refractivity contribution >= 4 is 37.5 Å². The van der Waals surface area contributed by atoms with Crippen molar-refractivity contribution in [2.45, 2.75) is 49.2 Å². The van der Waals surface area contributed by atoms with Crippen molar-refractivity contribution in [3.05, 3.63) is 53.8 Å². The predicted molar refractivity (Wildman–Crippen MR) is 130 cm³/mol. The van der Waals surface area contributed by atoms with Crippen LogP contribution in [0.25, 0.3) is 10.2 Å². The summed E-state index contributed by atoms with van der Waals surface area (Å²) in [5, 5.41) is 0. The number of fused-ring (bicyclic) bond motifs is 3. The van der Waals surface area contributed by atoms with E-state index in [9.17, 15) is 13.2 Å². The highest BCUT2D eigenvalue weighted by Gasteiger charge is 2.51. The number of rotatable bonds is 6. The van der Waals surface area contributed by atoms with Crippen LogP contribution in [0.5, 0.6) is 0 Å². The number of ether oxygens (including phenoxy) is 1. The third kappa shape index (κ3) is 4.02. The van der Waals surface area contributed by atoms with Gasteiger partial charge in [-0.25, -0.2) is 13.4 Å². The van der Waals surface area contributed by atoms with E-state index in [0.717, 1.165) is 22.3 Å². The number of hydrogen-bond acceptors (Lipinski definition) is 7. The van der Waals surface area contributed by atoms with Crippen molar-refractivity contribution < 1.29 is 17.9 Å². The lowest BCUT2D eigenvalue weighted by atomic mass is 9.91. The van der Waals surface area contributed by atoms with Crippen molar-refractivity contribution in [3.8, 4) is 0 Å². The molecule has 0 spiro atoms. The summed E-state index contributed by atoms with van der Waals surface area (Å²) in [6.07, 6.45) is 3.71. The summed E-state index contributed by atoms with van der Waals surface area (Å²) in [6, 6.07) is 9.32. The molecular weight excluding hydrogens is 472 g/mol. The molecule has 34 heavy (non-hydrogen) atoms. The fourth-order valence-corrected chi connectivity index (χ4v) is 8.02. The average molecular weight is 501 g/mol. The molecule has 0 N–H and O–H groups in total. The van der Waals surface area contributed by atoms with Crippen LogP contribution in [0.1, 0.15) is 37.9 Å². The maximum Gasteiger partial charge on any atom is 0.244 e. The molecule has 1 amide bonds. The number of aromatic nitrogens is 2. The van der Waals surface area contributed by atoms with E-state index in [0.29, 0.717) is 26.0 Å². The smallest absolute Gasteiger partial charge is 0.244 e. The number of methoxy groups -OCH3 is 1. The van der Waals surface area contributed by atoms with Crippen molar-refractivity contribution in [1.29, 1.82) is 0 Å². The van der Waals surface area contributed by atoms with Gasteiger partial charge in [0.15, 0.2) is 0 Å². The van der Waals surface area contributed by atoms with Crippen molar-refractivity contribution in [2.24, 2.45) is 5.92 Å². The molecule has 5 rings (SSSR count). The van der Waals surface area contributed by atoms with E-state index in [1.54, 1.807) is 41.9 Å². The SMILES string of the molecule is COC[C@H]1CN([C@@H](C)c2ccccn2)C(=O)[C@@H]2CCC[C@H]1N2S(=O)(=O)c1ccc2ncsc2c1. The van der Waals surface area contributed by atoms with Gasteiger partial charge in [-0.05, 0) is 56.5 Å². The van der Waals surface area contributed by atoms with Gasteiger partial charge in [0.2, 0.25) is 15.9 Å². The molecule has 1 aromatic carbocycles. The number of benzene rings is 1. The molecule has 3 aromatic rings. The van der Waals surface area contributed by atoms with Crippen molar-refractivity contribution in [3.63, 3.8) is 0 Å². The minimum absolute atomic E-state index is 0.146. The molecule has 10 heteroatoms.